The molecule has 0 radical (unpaired) electrons. The van der Waals surface area contributed by atoms with E-state index in [1.165, 1.54) is 29.2 Å². The highest BCUT2D eigenvalue weighted by Crippen LogP contribution is 2.38. The van der Waals surface area contributed by atoms with Gasteiger partial charge < -0.3 is 9.64 Å². The highest BCUT2D eigenvalue weighted by Gasteiger charge is 2.37. The van der Waals surface area contributed by atoms with Gasteiger partial charge in [0.2, 0.25) is 5.91 Å². The number of carbonyl (C=O) groups is 1. The van der Waals surface area contributed by atoms with Crippen LogP contribution in [0.3, 0.4) is 0 Å². The monoisotopic (exact) mass is 431 g/mol. The van der Waals surface area contributed by atoms with Crippen molar-refractivity contribution in [2.45, 2.75) is 18.7 Å². The van der Waals surface area contributed by atoms with Gasteiger partial charge >= 0.3 is 0 Å². The van der Waals surface area contributed by atoms with Gasteiger partial charge in [0, 0.05) is 18.7 Å². The van der Waals surface area contributed by atoms with Crippen LogP contribution in [-0.4, -0.2) is 32.4 Å². The zero-order chi connectivity index (χ0) is 22.1. The van der Waals surface area contributed by atoms with Gasteiger partial charge in [-0.15, -0.1) is 6.58 Å². The van der Waals surface area contributed by atoms with Crippen LogP contribution in [0.5, 0.6) is 5.75 Å². The van der Waals surface area contributed by atoms with E-state index < -0.39 is 30.9 Å². The van der Waals surface area contributed by atoms with E-state index in [4.69, 9.17) is 4.74 Å². The number of nitro benzene ring substituents is 1. The van der Waals surface area contributed by atoms with Crippen molar-refractivity contribution in [3.8, 4) is 5.75 Å². The Hall–Kier alpha value is -3.40. The molecule has 0 unspecified atom stereocenters. The number of fused-ring (bicyclic) bond motifs is 1. The summed E-state index contributed by atoms with van der Waals surface area (Å²) in [6.07, 6.45) is 1.59. The Balaban J connectivity index is 2.00. The van der Waals surface area contributed by atoms with Crippen LogP contribution in [0.25, 0.3) is 0 Å². The fourth-order valence-electron chi connectivity index (χ4n) is 3.07. The van der Waals surface area contributed by atoms with E-state index in [1.54, 1.807) is 26.0 Å². The van der Waals surface area contributed by atoms with Crippen molar-refractivity contribution >= 4 is 33.0 Å². The van der Waals surface area contributed by atoms with E-state index in [2.05, 4.69) is 11.3 Å². The lowest BCUT2D eigenvalue weighted by Gasteiger charge is -2.27. The molecule has 2 aromatic carbocycles. The van der Waals surface area contributed by atoms with E-state index in [-0.39, 0.29) is 24.7 Å². The van der Waals surface area contributed by atoms with Crippen LogP contribution in [0.2, 0.25) is 0 Å². The van der Waals surface area contributed by atoms with Gasteiger partial charge in [0.25, 0.3) is 15.7 Å². The minimum absolute atomic E-state index is 0.104. The van der Waals surface area contributed by atoms with Crippen LogP contribution < -0.4 is 14.4 Å². The average molecular weight is 431 g/mol. The number of ether oxygens (including phenoxy) is 1. The number of nitro groups is 1. The van der Waals surface area contributed by atoms with Crippen molar-refractivity contribution < 1.29 is 22.9 Å². The maximum Gasteiger partial charge on any atom is 0.289 e. The summed E-state index contributed by atoms with van der Waals surface area (Å²) in [6, 6.07) is 9.56. The summed E-state index contributed by atoms with van der Waals surface area (Å²) in [5.74, 6) is 0.174. The van der Waals surface area contributed by atoms with Crippen molar-refractivity contribution in [2.75, 3.05) is 22.8 Å². The molecule has 9 nitrogen and oxygen atoms in total. The molecule has 0 aromatic heterocycles. The Morgan fingerprint density at radius 2 is 2.00 bits per heavy atom. The third kappa shape index (κ3) is 3.99. The molecule has 1 amide bonds. The number of carbonyl (C=O) groups excluding carboxylic acids is 1. The molecule has 30 heavy (non-hydrogen) atoms. The van der Waals surface area contributed by atoms with Crippen LogP contribution in [0.15, 0.2) is 60.0 Å². The Bertz CT molecular complexity index is 1130. The lowest BCUT2D eigenvalue weighted by atomic mass is 9.93. The minimum atomic E-state index is -4.23. The second kappa shape index (κ2) is 7.79. The molecule has 0 spiro atoms. The molecule has 3 rings (SSSR count). The highest BCUT2D eigenvalue weighted by atomic mass is 32.2. The molecule has 1 aliphatic heterocycles. The van der Waals surface area contributed by atoms with Gasteiger partial charge in [-0.3, -0.25) is 19.6 Å². The number of para-hydroxylation sites is 1. The third-order valence-electron chi connectivity index (χ3n) is 4.58. The van der Waals surface area contributed by atoms with E-state index in [0.29, 0.717) is 11.4 Å². The number of hydrogen-bond donors (Lipinski definition) is 1. The van der Waals surface area contributed by atoms with Crippen molar-refractivity contribution in [1.82, 2.24) is 0 Å². The molecular weight excluding hydrogens is 410 g/mol. The summed E-state index contributed by atoms with van der Waals surface area (Å²) in [6.45, 7) is 7.57. The SMILES string of the molecule is C=CCN1C(=O)C(C)(C)COc2cc(NS(=O)(=O)c3ccccc3[N+](=O)[O-])ccc21. The third-order valence-corrected chi connectivity index (χ3v) is 6.01. The lowest BCUT2D eigenvalue weighted by molar-refractivity contribution is -0.387. The maximum absolute atomic E-state index is 12.8. The molecule has 0 atom stereocenters. The molecule has 0 fully saturated rings. The second-order valence-corrected chi connectivity index (χ2v) is 9.04. The Labute approximate surface area is 174 Å². The first-order valence-corrected chi connectivity index (χ1v) is 10.5. The largest absolute Gasteiger partial charge is 0.490 e. The van der Waals surface area contributed by atoms with Crippen LogP contribution in [0.4, 0.5) is 17.1 Å². The van der Waals surface area contributed by atoms with E-state index in [1.807, 2.05) is 0 Å². The Morgan fingerprint density at radius 3 is 2.67 bits per heavy atom. The fraction of sp³-hybridized carbons (Fsp3) is 0.250. The molecule has 10 heteroatoms. The standard InChI is InChI=1S/C20H21N3O6S/c1-4-11-22-15-10-9-14(12-17(15)29-13-20(2,3)19(22)24)21-30(27,28)18-8-6-5-7-16(18)23(25)26/h4-10,12,21H,1,11,13H2,2-3H3. The summed E-state index contributed by atoms with van der Waals surface area (Å²) in [5.41, 5.74) is -0.677. The lowest BCUT2D eigenvalue weighted by Crippen LogP contribution is -2.42. The number of amides is 1. The quantitative estimate of drug-likeness (QED) is 0.426. The average Bonchev–Trinajstić information content (AvgIpc) is 2.78. The molecule has 0 bridgehead atoms. The molecule has 1 aliphatic rings. The van der Waals surface area contributed by atoms with Gasteiger partial charge in [0.05, 0.1) is 21.7 Å². The van der Waals surface area contributed by atoms with Crippen molar-refractivity contribution in [2.24, 2.45) is 5.41 Å². The smallest absolute Gasteiger partial charge is 0.289 e. The first-order chi connectivity index (χ1) is 14.1. The first-order valence-electron chi connectivity index (χ1n) is 9.03. The molecular formula is C20H21N3O6S. The van der Waals surface area contributed by atoms with Crippen LogP contribution in [0, 0.1) is 15.5 Å². The van der Waals surface area contributed by atoms with E-state index >= 15 is 0 Å². The predicted octanol–water partition coefficient (Wildman–Crippen LogP) is 3.33. The number of benzene rings is 2. The van der Waals surface area contributed by atoms with E-state index in [0.717, 1.165) is 12.1 Å². The molecule has 0 aliphatic carbocycles. The number of nitrogens with one attached hydrogen (secondary N) is 1. The van der Waals surface area contributed by atoms with Gasteiger partial charge in [-0.25, -0.2) is 8.42 Å². The summed E-state index contributed by atoms with van der Waals surface area (Å²) >= 11 is 0. The second-order valence-electron chi connectivity index (χ2n) is 7.39. The van der Waals surface area contributed by atoms with Gasteiger partial charge in [-0.2, -0.15) is 0 Å². The predicted molar refractivity (Wildman–Crippen MR) is 112 cm³/mol. The molecule has 0 saturated carbocycles. The van der Waals surface area contributed by atoms with Crippen LogP contribution >= 0.6 is 0 Å². The summed E-state index contributed by atoms with van der Waals surface area (Å²) in [4.78, 5) is 24.4. The van der Waals surface area contributed by atoms with Crippen molar-refractivity contribution in [3.63, 3.8) is 0 Å². The summed E-state index contributed by atoms with van der Waals surface area (Å²) < 4.78 is 33.6. The number of anilines is 2. The van der Waals surface area contributed by atoms with Crippen LogP contribution in [-0.2, 0) is 14.8 Å². The summed E-state index contributed by atoms with van der Waals surface area (Å²) in [7, 11) is -4.23. The fourth-order valence-corrected chi connectivity index (χ4v) is 4.29. The van der Waals surface area contributed by atoms with E-state index in [9.17, 15) is 23.3 Å². The zero-order valence-electron chi connectivity index (χ0n) is 16.5. The number of hydrogen-bond acceptors (Lipinski definition) is 6. The van der Waals surface area contributed by atoms with Gasteiger partial charge in [0.1, 0.15) is 12.4 Å². The number of nitrogens with zero attached hydrogens (tertiary/aromatic N) is 2. The number of sulfonamides is 1. The van der Waals surface area contributed by atoms with Crippen molar-refractivity contribution in [3.05, 3.63) is 65.2 Å². The Morgan fingerprint density at radius 1 is 1.30 bits per heavy atom. The molecule has 1 N–H and O–H groups in total. The minimum Gasteiger partial charge on any atom is -0.490 e. The van der Waals surface area contributed by atoms with Gasteiger partial charge in [-0.1, -0.05) is 18.2 Å². The van der Waals surface area contributed by atoms with Crippen LogP contribution in [0.1, 0.15) is 13.8 Å². The number of rotatable bonds is 6. The van der Waals surface area contributed by atoms with Gasteiger partial charge in [0.15, 0.2) is 4.90 Å². The first kappa shape index (κ1) is 21.3. The molecule has 2 aromatic rings. The maximum atomic E-state index is 12.8. The van der Waals surface area contributed by atoms with Crippen molar-refractivity contribution in [1.29, 1.82) is 0 Å². The topological polar surface area (TPSA) is 119 Å². The highest BCUT2D eigenvalue weighted by molar-refractivity contribution is 7.92. The summed E-state index contributed by atoms with van der Waals surface area (Å²) in [5, 5.41) is 11.2. The Kier molecular flexibility index (Phi) is 5.53. The van der Waals surface area contributed by atoms with Gasteiger partial charge in [-0.05, 0) is 32.0 Å². The molecule has 1 heterocycles. The molecule has 158 valence electrons. The molecule has 0 saturated heterocycles. The zero-order valence-corrected chi connectivity index (χ0v) is 17.3. The normalized spacial score (nSPS) is 15.5.